The maximum atomic E-state index is 12.8. The molecule has 0 aliphatic carbocycles. The Balaban J connectivity index is 3.43. The third kappa shape index (κ3) is 9.66. The molecule has 0 aromatic heterocycles. The second kappa shape index (κ2) is 13.7. The molecule has 1 aromatic rings. The van der Waals surface area contributed by atoms with Crippen molar-refractivity contribution >= 4 is 69.4 Å². The van der Waals surface area contributed by atoms with E-state index in [1.54, 1.807) is 0 Å². The highest BCUT2D eigenvalue weighted by Gasteiger charge is 2.33. The number of amides is 2. The molecular weight excluding hydrogens is 533 g/mol. The standard InChI is InChI=1S/C19H25Cl2N3O8S2/c1-10(25)23-14(9-33)19(28)32-16(11-3-5-12(6-4-11)34(2,29)30)13(8-31-15(26)7-22)24-18(27)17(20)21/h3-6,13-14,16-17,33H,7-9,22H2,1-2H3,(H,23,25)(H,24,27)/t13-,14+,16?/m1/s1. The first-order valence-corrected chi connectivity index (χ1v) is 13.0. The van der Waals surface area contributed by atoms with Crippen LogP contribution in [0.25, 0.3) is 0 Å². The van der Waals surface area contributed by atoms with Crippen LogP contribution in [0.15, 0.2) is 29.2 Å². The van der Waals surface area contributed by atoms with Crippen LogP contribution in [0.4, 0.5) is 0 Å². The number of esters is 2. The minimum atomic E-state index is -3.53. The first-order valence-electron chi connectivity index (χ1n) is 9.62. The molecule has 34 heavy (non-hydrogen) atoms. The molecule has 3 atom stereocenters. The van der Waals surface area contributed by atoms with Crippen molar-refractivity contribution in [2.24, 2.45) is 5.73 Å². The van der Waals surface area contributed by atoms with Crippen LogP contribution >= 0.6 is 35.8 Å². The molecular formula is C19H25Cl2N3O8S2. The van der Waals surface area contributed by atoms with Crippen molar-refractivity contribution < 1.29 is 37.1 Å². The molecule has 0 spiro atoms. The molecule has 2 amide bonds. The van der Waals surface area contributed by atoms with Crippen LogP contribution in [-0.4, -0.2) is 74.3 Å². The van der Waals surface area contributed by atoms with Gasteiger partial charge in [0.15, 0.2) is 20.8 Å². The van der Waals surface area contributed by atoms with Gasteiger partial charge < -0.3 is 25.8 Å². The zero-order valence-electron chi connectivity index (χ0n) is 18.2. The fraction of sp³-hybridized carbons (Fsp3) is 0.474. The lowest BCUT2D eigenvalue weighted by Gasteiger charge is -2.29. The molecule has 1 unspecified atom stereocenters. The number of carbonyl (C=O) groups is 4. The van der Waals surface area contributed by atoms with E-state index in [9.17, 15) is 27.6 Å². The molecule has 0 saturated heterocycles. The zero-order chi connectivity index (χ0) is 26.1. The summed E-state index contributed by atoms with van der Waals surface area (Å²) in [5.41, 5.74) is 5.47. The van der Waals surface area contributed by atoms with Crippen molar-refractivity contribution in [1.29, 1.82) is 0 Å². The van der Waals surface area contributed by atoms with Crippen LogP contribution in [0, 0.1) is 0 Å². The molecule has 4 N–H and O–H groups in total. The molecule has 0 saturated carbocycles. The van der Waals surface area contributed by atoms with Gasteiger partial charge in [0, 0.05) is 18.9 Å². The number of benzene rings is 1. The molecule has 0 bridgehead atoms. The van der Waals surface area contributed by atoms with E-state index >= 15 is 0 Å². The summed E-state index contributed by atoms with van der Waals surface area (Å²) in [6.07, 6.45) is -0.306. The molecule has 0 radical (unpaired) electrons. The van der Waals surface area contributed by atoms with Gasteiger partial charge in [0.25, 0.3) is 5.91 Å². The Bertz CT molecular complexity index is 990. The van der Waals surface area contributed by atoms with Crippen LogP contribution in [0.1, 0.15) is 18.6 Å². The number of hydrogen-bond acceptors (Lipinski definition) is 10. The molecule has 0 aliphatic rings. The quantitative estimate of drug-likeness (QED) is 0.155. The fourth-order valence-electron chi connectivity index (χ4n) is 2.61. The maximum absolute atomic E-state index is 12.8. The van der Waals surface area contributed by atoms with Gasteiger partial charge in [-0.1, -0.05) is 35.3 Å². The highest BCUT2D eigenvalue weighted by atomic mass is 35.5. The number of alkyl halides is 2. The molecule has 190 valence electrons. The second-order valence-electron chi connectivity index (χ2n) is 6.94. The summed E-state index contributed by atoms with van der Waals surface area (Å²) >= 11 is 15.3. The predicted octanol–water partition coefficient (Wildman–Crippen LogP) is -0.101. The summed E-state index contributed by atoms with van der Waals surface area (Å²) in [4.78, 5) is 46.4. The van der Waals surface area contributed by atoms with E-state index < -0.39 is 69.8 Å². The molecule has 1 rings (SSSR count). The lowest BCUT2D eigenvalue weighted by atomic mass is 10.0. The van der Waals surface area contributed by atoms with Gasteiger partial charge in [0.1, 0.15) is 18.7 Å². The van der Waals surface area contributed by atoms with Gasteiger partial charge in [-0.05, 0) is 17.7 Å². The van der Waals surface area contributed by atoms with E-state index in [-0.39, 0.29) is 16.2 Å². The third-order valence-electron chi connectivity index (χ3n) is 4.21. The van der Waals surface area contributed by atoms with Gasteiger partial charge in [0.2, 0.25) is 5.91 Å². The zero-order valence-corrected chi connectivity index (χ0v) is 21.4. The molecule has 11 nitrogen and oxygen atoms in total. The lowest BCUT2D eigenvalue weighted by Crippen LogP contribution is -2.49. The Kier molecular flexibility index (Phi) is 12.1. The van der Waals surface area contributed by atoms with Crippen molar-refractivity contribution in [2.45, 2.75) is 34.8 Å². The molecule has 1 aromatic carbocycles. The van der Waals surface area contributed by atoms with Crippen LogP contribution in [-0.2, 0) is 38.5 Å². The molecule has 0 fully saturated rings. The lowest BCUT2D eigenvalue weighted by molar-refractivity contribution is -0.157. The van der Waals surface area contributed by atoms with Crippen molar-refractivity contribution in [3.8, 4) is 0 Å². The van der Waals surface area contributed by atoms with Crippen LogP contribution < -0.4 is 16.4 Å². The van der Waals surface area contributed by atoms with Crippen molar-refractivity contribution in [2.75, 3.05) is 25.2 Å². The SMILES string of the molecule is CC(=O)N[C@@H](CS)C(=O)OC(c1ccc(S(C)(=O)=O)cc1)[C@@H](COC(=O)CN)NC(=O)C(Cl)Cl. The summed E-state index contributed by atoms with van der Waals surface area (Å²) in [6, 6.07) is 2.89. The summed E-state index contributed by atoms with van der Waals surface area (Å²) in [5, 5.41) is 4.79. The van der Waals surface area contributed by atoms with Gasteiger partial charge >= 0.3 is 11.9 Å². The number of nitrogens with two attached hydrogens (primary N) is 1. The van der Waals surface area contributed by atoms with E-state index in [0.29, 0.717) is 0 Å². The number of hydrogen-bond donors (Lipinski definition) is 4. The van der Waals surface area contributed by atoms with Gasteiger partial charge in [-0.15, -0.1) is 0 Å². The van der Waals surface area contributed by atoms with E-state index in [4.69, 9.17) is 38.4 Å². The Morgan fingerprint density at radius 3 is 2.15 bits per heavy atom. The van der Waals surface area contributed by atoms with Gasteiger partial charge in [-0.3, -0.25) is 14.4 Å². The Morgan fingerprint density at radius 2 is 1.71 bits per heavy atom. The largest absolute Gasteiger partial charge is 0.462 e. The smallest absolute Gasteiger partial charge is 0.330 e. The first-order chi connectivity index (χ1) is 15.8. The number of carbonyl (C=O) groups excluding carboxylic acids is 4. The fourth-order valence-corrected chi connectivity index (χ4v) is 3.61. The summed E-state index contributed by atoms with van der Waals surface area (Å²) in [6.45, 7) is 0.243. The number of sulfone groups is 1. The highest BCUT2D eigenvalue weighted by molar-refractivity contribution is 7.90. The minimum absolute atomic E-state index is 0.00969. The average Bonchev–Trinajstić information content (AvgIpc) is 2.77. The van der Waals surface area contributed by atoms with Gasteiger partial charge in [0.05, 0.1) is 11.4 Å². The Hall–Kier alpha value is -2.06. The first kappa shape index (κ1) is 30.0. The number of nitrogens with one attached hydrogen (secondary N) is 2. The monoisotopic (exact) mass is 557 g/mol. The molecule has 15 heteroatoms. The Morgan fingerprint density at radius 1 is 1.12 bits per heavy atom. The van der Waals surface area contributed by atoms with Crippen molar-refractivity contribution in [3.63, 3.8) is 0 Å². The number of halogens is 2. The highest BCUT2D eigenvalue weighted by Crippen LogP contribution is 2.25. The van der Waals surface area contributed by atoms with Crippen molar-refractivity contribution in [3.05, 3.63) is 29.8 Å². The van der Waals surface area contributed by atoms with Crippen LogP contribution in [0.3, 0.4) is 0 Å². The molecule has 0 aliphatic heterocycles. The maximum Gasteiger partial charge on any atom is 0.330 e. The number of rotatable bonds is 12. The second-order valence-corrected chi connectivity index (χ2v) is 10.4. The van der Waals surface area contributed by atoms with E-state index in [1.807, 2.05) is 0 Å². The summed E-state index contributed by atoms with van der Waals surface area (Å²) in [7, 11) is -3.53. The number of ether oxygens (including phenoxy) is 2. The average molecular weight is 558 g/mol. The molecule has 0 heterocycles. The normalized spacial score (nSPS) is 14.0. The predicted molar refractivity (Wildman–Crippen MR) is 127 cm³/mol. The van der Waals surface area contributed by atoms with Crippen LogP contribution in [0.2, 0.25) is 0 Å². The van der Waals surface area contributed by atoms with E-state index in [2.05, 4.69) is 23.3 Å². The third-order valence-corrected chi connectivity index (χ3v) is 6.10. The van der Waals surface area contributed by atoms with Crippen LogP contribution in [0.5, 0.6) is 0 Å². The van der Waals surface area contributed by atoms with E-state index in [0.717, 1.165) is 6.26 Å². The summed E-state index contributed by atoms with van der Waals surface area (Å²) < 4.78 is 34.2. The Labute approximate surface area is 212 Å². The van der Waals surface area contributed by atoms with E-state index in [1.165, 1.54) is 31.2 Å². The van der Waals surface area contributed by atoms with Crippen molar-refractivity contribution in [1.82, 2.24) is 10.6 Å². The van der Waals surface area contributed by atoms with Gasteiger partial charge in [-0.25, -0.2) is 13.2 Å². The topological polar surface area (TPSA) is 171 Å². The summed E-state index contributed by atoms with van der Waals surface area (Å²) in [5.74, 6) is -3.22. The van der Waals surface area contributed by atoms with Gasteiger partial charge in [-0.2, -0.15) is 12.6 Å². The number of thiol groups is 1. The minimum Gasteiger partial charge on any atom is -0.462 e.